The van der Waals surface area contributed by atoms with Crippen LogP contribution in [0.5, 0.6) is 0 Å². The highest BCUT2D eigenvalue weighted by molar-refractivity contribution is 5.58. The van der Waals surface area contributed by atoms with Gasteiger partial charge in [-0.1, -0.05) is 30.7 Å². The van der Waals surface area contributed by atoms with Gasteiger partial charge in [-0.15, -0.1) is 0 Å². The smallest absolute Gasteiger partial charge is 0.0948 e. The van der Waals surface area contributed by atoms with Crippen LogP contribution >= 0.6 is 0 Å². The van der Waals surface area contributed by atoms with Gasteiger partial charge in [0.2, 0.25) is 0 Å². The molecule has 0 bridgehead atoms. The number of hydrogen-bond acceptors (Lipinski definition) is 6. The Labute approximate surface area is 284 Å². The highest BCUT2D eigenvalue weighted by atomic mass is 15.2. The maximum Gasteiger partial charge on any atom is 0.0948 e. The van der Waals surface area contributed by atoms with Crippen molar-refractivity contribution in [2.24, 2.45) is 0 Å². The number of aromatic nitrogens is 2. The van der Waals surface area contributed by atoms with Gasteiger partial charge in [-0.05, 0) is 145 Å². The van der Waals surface area contributed by atoms with Gasteiger partial charge in [0.15, 0.2) is 0 Å². The van der Waals surface area contributed by atoms with Crippen LogP contribution in [0.3, 0.4) is 0 Å². The van der Waals surface area contributed by atoms with Crippen LogP contribution < -0.4 is 10.2 Å². The largest absolute Gasteiger partial charge is 0.378 e. The number of hydrogen-bond donors (Lipinski definition) is 1. The van der Waals surface area contributed by atoms with Gasteiger partial charge < -0.3 is 24.6 Å². The van der Waals surface area contributed by atoms with Crippen molar-refractivity contribution in [1.82, 2.24) is 29.6 Å². The number of para-hydroxylation sites is 1. The molecule has 0 unspecified atom stereocenters. The number of piperidine rings is 1. The van der Waals surface area contributed by atoms with Gasteiger partial charge >= 0.3 is 0 Å². The summed E-state index contributed by atoms with van der Waals surface area (Å²) in [6.07, 6.45) is 18.1. The monoisotopic (exact) mass is 638 g/mol. The number of rotatable bonds is 5. The molecule has 0 aliphatic carbocycles. The Morgan fingerprint density at radius 2 is 1.20 bits per heavy atom. The second-order valence-corrected chi connectivity index (χ2v) is 14.4. The maximum absolute atomic E-state index is 3.91. The number of benzene rings is 1. The fourth-order valence-corrected chi connectivity index (χ4v) is 6.07. The summed E-state index contributed by atoms with van der Waals surface area (Å²) < 4.78 is 2.06. The molecule has 5 heterocycles. The van der Waals surface area contributed by atoms with Crippen LogP contribution in [0.2, 0.25) is 0 Å². The molecule has 1 aromatic heterocycles. The number of fused-ring (bicyclic) bond motifs is 1. The predicted octanol–water partition coefficient (Wildman–Crippen LogP) is 8.06. The number of imidazole rings is 1. The summed E-state index contributed by atoms with van der Waals surface area (Å²) in [5.41, 5.74) is 2.94. The average molecular weight is 638 g/mol. The van der Waals surface area contributed by atoms with E-state index in [0.29, 0.717) is 18.1 Å². The van der Waals surface area contributed by atoms with Crippen LogP contribution in [0.4, 0.5) is 5.69 Å². The minimum absolute atomic E-state index is 0.539. The second kappa shape index (κ2) is 22.3. The molecule has 4 aliphatic rings. The molecule has 7 heteroatoms. The molecular weight excluding hydrogens is 566 g/mol. The van der Waals surface area contributed by atoms with Crippen molar-refractivity contribution in [3.8, 4) is 0 Å². The Morgan fingerprint density at radius 3 is 1.59 bits per heavy atom. The molecule has 262 valence electrons. The van der Waals surface area contributed by atoms with Crippen molar-refractivity contribution in [1.29, 1.82) is 0 Å². The Balaban J connectivity index is 0.000000202. The van der Waals surface area contributed by atoms with E-state index in [4.69, 9.17) is 0 Å². The van der Waals surface area contributed by atoms with Crippen molar-refractivity contribution in [3.63, 3.8) is 0 Å². The summed E-state index contributed by atoms with van der Waals surface area (Å²) in [6, 6.07) is 12.1. The summed E-state index contributed by atoms with van der Waals surface area (Å²) in [5.74, 6) is 0. The van der Waals surface area contributed by atoms with Gasteiger partial charge in [-0.25, -0.2) is 4.98 Å². The zero-order valence-electron chi connectivity index (χ0n) is 31.5. The molecule has 1 aromatic carbocycles. The lowest BCUT2D eigenvalue weighted by molar-refractivity contribution is 0.185. The van der Waals surface area contributed by atoms with E-state index in [9.17, 15) is 0 Å². The summed E-state index contributed by atoms with van der Waals surface area (Å²) in [4.78, 5) is 13.8. The molecule has 4 aliphatic heterocycles. The molecule has 0 atom stereocenters. The van der Waals surface area contributed by atoms with Crippen LogP contribution in [0.25, 0.3) is 0 Å². The lowest BCUT2D eigenvalue weighted by atomic mass is 10.1. The van der Waals surface area contributed by atoms with Gasteiger partial charge in [0.05, 0.1) is 13.0 Å². The van der Waals surface area contributed by atoms with Crippen molar-refractivity contribution < 1.29 is 0 Å². The quantitative estimate of drug-likeness (QED) is 0.358. The summed E-state index contributed by atoms with van der Waals surface area (Å²) in [5, 5.41) is 3.16. The lowest BCUT2D eigenvalue weighted by Crippen LogP contribution is -2.39. The minimum Gasteiger partial charge on any atom is -0.378 e. The predicted molar refractivity (Wildman–Crippen MR) is 201 cm³/mol. The summed E-state index contributed by atoms with van der Waals surface area (Å²) in [7, 11) is 0. The van der Waals surface area contributed by atoms with Gasteiger partial charge in [0.1, 0.15) is 0 Å². The third kappa shape index (κ3) is 15.0. The number of nitrogens with one attached hydrogen (secondary N) is 1. The highest BCUT2D eigenvalue weighted by Gasteiger charge is 2.19. The van der Waals surface area contributed by atoms with E-state index < -0.39 is 0 Å². The Kier molecular flexibility index (Phi) is 19.3. The SMILES string of the molecule is CC(C)N1CC=CNC1.CC(C)N1CCCC1.CC(C)N1CCCCC1.CC(C)N1CCc2ccccc21.CC(C)n1ccnc1. The molecule has 46 heavy (non-hydrogen) atoms. The van der Waals surface area contributed by atoms with Crippen molar-refractivity contribution >= 4 is 5.69 Å². The van der Waals surface area contributed by atoms with E-state index in [0.717, 1.165) is 25.3 Å². The lowest BCUT2D eigenvalue weighted by Gasteiger charge is -2.29. The van der Waals surface area contributed by atoms with Gasteiger partial charge in [-0.3, -0.25) is 4.90 Å². The van der Waals surface area contributed by atoms with Crippen molar-refractivity contribution in [3.05, 3.63) is 60.8 Å². The normalized spacial score (nSPS) is 18.3. The van der Waals surface area contributed by atoms with E-state index >= 15 is 0 Å². The Hall–Kier alpha value is -2.35. The van der Waals surface area contributed by atoms with Crippen LogP contribution in [-0.2, 0) is 6.42 Å². The van der Waals surface area contributed by atoms with Crippen LogP contribution in [0.15, 0.2) is 55.3 Å². The van der Waals surface area contributed by atoms with E-state index in [2.05, 4.69) is 134 Å². The molecule has 2 saturated heterocycles. The van der Waals surface area contributed by atoms with Gasteiger partial charge in [0.25, 0.3) is 0 Å². The first-order chi connectivity index (χ1) is 22.0. The van der Waals surface area contributed by atoms with E-state index in [1.807, 2.05) is 18.7 Å². The third-order valence-electron chi connectivity index (χ3n) is 9.26. The standard InChI is InChI=1S/C11H15N.C8H17N.C7H14N2.C7H15N.C6H10N2/c1-9(2)12-8-7-10-5-3-4-6-11(10)12;1-8(2)9-6-4-3-5-7-9;1-7(2)9-5-3-4-8-6-9;1-7(2)8-5-3-4-6-8;1-6(2)8-4-3-7-5-8/h3-6,9H,7-8H2,1-2H3;8H,3-7H2,1-2H3;3-4,7-8H,5-6H2,1-2H3;7H,3-6H2,1-2H3;3-6H,1-2H3. The first-order valence-electron chi connectivity index (χ1n) is 18.4. The van der Waals surface area contributed by atoms with E-state index in [1.165, 1.54) is 82.5 Å². The summed E-state index contributed by atoms with van der Waals surface area (Å²) in [6.45, 7) is 30.9. The molecule has 6 rings (SSSR count). The molecule has 0 amide bonds. The topological polar surface area (TPSA) is 42.8 Å². The van der Waals surface area contributed by atoms with Crippen molar-refractivity contribution in [2.75, 3.05) is 50.8 Å². The molecule has 2 aromatic rings. The Bertz CT molecular complexity index is 1030. The molecule has 1 N–H and O–H groups in total. The van der Waals surface area contributed by atoms with Crippen LogP contribution in [0, 0.1) is 0 Å². The first kappa shape index (κ1) is 39.8. The fourth-order valence-electron chi connectivity index (χ4n) is 6.07. The molecule has 7 nitrogen and oxygen atoms in total. The number of likely N-dealkylation sites (tertiary alicyclic amines) is 2. The second-order valence-electron chi connectivity index (χ2n) is 14.4. The van der Waals surface area contributed by atoms with E-state index in [1.54, 1.807) is 6.20 Å². The average Bonchev–Trinajstić information content (AvgIpc) is 3.86. The van der Waals surface area contributed by atoms with E-state index in [-0.39, 0.29) is 0 Å². The molecule has 0 saturated carbocycles. The summed E-state index contributed by atoms with van der Waals surface area (Å²) >= 11 is 0. The zero-order chi connectivity index (χ0) is 33.9. The van der Waals surface area contributed by atoms with Gasteiger partial charge in [0, 0.05) is 61.4 Å². The third-order valence-corrected chi connectivity index (χ3v) is 9.26. The first-order valence-corrected chi connectivity index (χ1v) is 18.4. The number of nitrogens with zero attached hydrogens (tertiary/aromatic N) is 6. The zero-order valence-corrected chi connectivity index (χ0v) is 31.5. The number of anilines is 1. The molecule has 2 fully saturated rings. The molecule has 0 radical (unpaired) electrons. The fraction of sp³-hybridized carbons (Fsp3) is 0.718. The molecule has 0 spiro atoms. The highest BCUT2D eigenvalue weighted by Crippen LogP contribution is 2.28. The van der Waals surface area contributed by atoms with Crippen molar-refractivity contribution in [2.45, 2.75) is 138 Å². The molecular formula is C39H71N7. The van der Waals surface area contributed by atoms with Crippen LogP contribution in [-0.4, -0.2) is 94.4 Å². The minimum atomic E-state index is 0.539. The Morgan fingerprint density at radius 1 is 0.630 bits per heavy atom. The van der Waals surface area contributed by atoms with Crippen LogP contribution in [0.1, 0.15) is 113 Å². The van der Waals surface area contributed by atoms with Gasteiger partial charge in [-0.2, -0.15) is 0 Å². The maximum atomic E-state index is 3.91.